The summed E-state index contributed by atoms with van der Waals surface area (Å²) in [4.78, 5) is 2.68. The molecule has 2 aliphatic heterocycles. The second-order valence-electron chi connectivity index (χ2n) is 4.76. The summed E-state index contributed by atoms with van der Waals surface area (Å²) in [6.07, 6.45) is 5.21. The van der Waals surface area contributed by atoms with E-state index in [4.69, 9.17) is 4.74 Å². The van der Waals surface area contributed by atoms with Gasteiger partial charge in [-0.25, -0.2) is 0 Å². The predicted molar refractivity (Wildman–Crippen MR) is 62.1 cm³/mol. The van der Waals surface area contributed by atoms with Crippen LogP contribution >= 0.6 is 0 Å². The molecule has 0 radical (unpaired) electrons. The van der Waals surface area contributed by atoms with Crippen LogP contribution in [0.4, 0.5) is 0 Å². The number of rotatable bonds is 5. The summed E-state index contributed by atoms with van der Waals surface area (Å²) >= 11 is 0. The quantitative estimate of drug-likeness (QED) is 0.694. The third kappa shape index (κ3) is 2.92. The van der Waals surface area contributed by atoms with Gasteiger partial charge in [0, 0.05) is 25.2 Å². The lowest BCUT2D eigenvalue weighted by Gasteiger charge is -2.29. The average molecular weight is 212 g/mol. The monoisotopic (exact) mass is 212 g/mol. The molecule has 88 valence electrons. The zero-order chi connectivity index (χ0) is 10.5. The van der Waals surface area contributed by atoms with E-state index in [1.807, 2.05) is 0 Å². The van der Waals surface area contributed by atoms with Crippen molar-refractivity contribution in [2.24, 2.45) is 0 Å². The SMILES string of the molecule is CCCNCC1CCCN1C1CCOC1. The molecule has 0 aliphatic carbocycles. The number of ether oxygens (including phenoxy) is 1. The highest BCUT2D eigenvalue weighted by atomic mass is 16.5. The first kappa shape index (κ1) is 11.4. The van der Waals surface area contributed by atoms with E-state index in [1.54, 1.807) is 0 Å². The van der Waals surface area contributed by atoms with Crippen molar-refractivity contribution in [3.63, 3.8) is 0 Å². The first-order valence-corrected chi connectivity index (χ1v) is 6.46. The zero-order valence-electron chi connectivity index (χ0n) is 9.87. The van der Waals surface area contributed by atoms with Crippen LogP contribution in [0.5, 0.6) is 0 Å². The fraction of sp³-hybridized carbons (Fsp3) is 1.00. The summed E-state index contributed by atoms with van der Waals surface area (Å²) in [6.45, 7) is 7.77. The van der Waals surface area contributed by atoms with Gasteiger partial charge in [0.1, 0.15) is 0 Å². The molecule has 3 heteroatoms. The van der Waals surface area contributed by atoms with E-state index in [9.17, 15) is 0 Å². The molecule has 0 aromatic heterocycles. The summed E-state index contributed by atoms with van der Waals surface area (Å²) in [5.41, 5.74) is 0. The van der Waals surface area contributed by atoms with Crippen LogP contribution in [0, 0.1) is 0 Å². The van der Waals surface area contributed by atoms with Crippen LogP contribution in [0.3, 0.4) is 0 Å². The molecule has 0 aromatic rings. The lowest BCUT2D eigenvalue weighted by Crippen LogP contribution is -2.44. The van der Waals surface area contributed by atoms with E-state index in [1.165, 1.54) is 38.8 Å². The number of nitrogens with zero attached hydrogens (tertiary/aromatic N) is 1. The van der Waals surface area contributed by atoms with Gasteiger partial charge in [-0.3, -0.25) is 4.90 Å². The topological polar surface area (TPSA) is 24.5 Å². The van der Waals surface area contributed by atoms with E-state index in [0.717, 1.165) is 25.8 Å². The maximum absolute atomic E-state index is 5.48. The molecule has 2 heterocycles. The molecule has 2 saturated heterocycles. The Morgan fingerprint density at radius 1 is 1.40 bits per heavy atom. The Hall–Kier alpha value is -0.120. The highest BCUT2D eigenvalue weighted by Gasteiger charge is 2.32. The van der Waals surface area contributed by atoms with Crippen molar-refractivity contribution >= 4 is 0 Å². The average Bonchev–Trinajstić information content (AvgIpc) is 2.87. The van der Waals surface area contributed by atoms with Crippen molar-refractivity contribution in [1.82, 2.24) is 10.2 Å². The molecule has 2 rings (SSSR count). The van der Waals surface area contributed by atoms with Gasteiger partial charge in [0.05, 0.1) is 6.61 Å². The first-order valence-electron chi connectivity index (χ1n) is 6.46. The van der Waals surface area contributed by atoms with Crippen LogP contribution in [0.25, 0.3) is 0 Å². The van der Waals surface area contributed by atoms with Crippen molar-refractivity contribution in [3.8, 4) is 0 Å². The minimum Gasteiger partial charge on any atom is -0.380 e. The lowest BCUT2D eigenvalue weighted by molar-refractivity contribution is 0.134. The molecule has 2 aliphatic rings. The van der Waals surface area contributed by atoms with Gasteiger partial charge in [0.2, 0.25) is 0 Å². The van der Waals surface area contributed by atoms with Gasteiger partial charge in [-0.05, 0) is 38.8 Å². The maximum atomic E-state index is 5.48. The number of nitrogens with one attached hydrogen (secondary N) is 1. The third-order valence-corrected chi connectivity index (χ3v) is 3.60. The summed E-state index contributed by atoms with van der Waals surface area (Å²) in [5, 5.41) is 3.55. The largest absolute Gasteiger partial charge is 0.380 e. The molecule has 15 heavy (non-hydrogen) atoms. The van der Waals surface area contributed by atoms with E-state index < -0.39 is 0 Å². The zero-order valence-corrected chi connectivity index (χ0v) is 9.87. The molecule has 0 bridgehead atoms. The molecule has 0 amide bonds. The van der Waals surface area contributed by atoms with Gasteiger partial charge >= 0.3 is 0 Å². The Bertz CT molecular complexity index is 180. The number of hydrogen-bond acceptors (Lipinski definition) is 3. The Labute approximate surface area is 93.2 Å². The first-order chi connectivity index (χ1) is 7.42. The van der Waals surface area contributed by atoms with Crippen LogP contribution in [0.1, 0.15) is 32.6 Å². The van der Waals surface area contributed by atoms with Gasteiger partial charge in [-0.15, -0.1) is 0 Å². The van der Waals surface area contributed by atoms with Gasteiger partial charge in [0.25, 0.3) is 0 Å². The Morgan fingerprint density at radius 3 is 3.07 bits per heavy atom. The Balaban J connectivity index is 1.76. The fourth-order valence-electron chi connectivity index (χ4n) is 2.79. The van der Waals surface area contributed by atoms with Gasteiger partial charge in [0.15, 0.2) is 0 Å². The van der Waals surface area contributed by atoms with Crippen LogP contribution in [0.15, 0.2) is 0 Å². The van der Waals surface area contributed by atoms with Crippen molar-refractivity contribution < 1.29 is 4.74 Å². The summed E-state index contributed by atoms with van der Waals surface area (Å²) in [7, 11) is 0. The molecule has 2 atom stereocenters. The van der Waals surface area contributed by atoms with Gasteiger partial charge < -0.3 is 10.1 Å². The molecular weight excluding hydrogens is 188 g/mol. The van der Waals surface area contributed by atoms with Crippen molar-refractivity contribution in [2.75, 3.05) is 32.8 Å². The van der Waals surface area contributed by atoms with Crippen LogP contribution in [0.2, 0.25) is 0 Å². The molecule has 0 aromatic carbocycles. The molecule has 3 nitrogen and oxygen atoms in total. The second-order valence-corrected chi connectivity index (χ2v) is 4.76. The molecule has 2 unspecified atom stereocenters. The van der Waals surface area contributed by atoms with Gasteiger partial charge in [-0.2, -0.15) is 0 Å². The van der Waals surface area contributed by atoms with Gasteiger partial charge in [-0.1, -0.05) is 6.92 Å². The van der Waals surface area contributed by atoms with Crippen LogP contribution in [-0.2, 0) is 4.74 Å². The number of likely N-dealkylation sites (tertiary alicyclic amines) is 1. The minimum absolute atomic E-state index is 0.709. The smallest absolute Gasteiger partial charge is 0.0622 e. The summed E-state index contributed by atoms with van der Waals surface area (Å²) in [6, 6.07) is 1.48. The summed E-state index contributed by atoms with van der Waals surface area (Å²) in [5.74, 6) is 0. The van der Waals surface area contributed by atoms with Crippen LogP contribution in [-0.4, -0.2) is 49.8 Å². The molecule has 0 saturated carbocycles. The molecule has 1 N–H and O–H groups in total. The maximum Gasteiger partial charge on any atom is 0.0622 e. The van der Waals surface area contributed by atoms with E-state index in [-0.39, 0.29) is 0 Å². The minimum atomic E-state index is 0.709. The van der Waals surface area contributed by atoms with E-state index in [2.05, 4.69) is 17.1 Å². The third-order valence-electron chi connectivity index (χ3n) is 3.60. The Morgan fingerprint density at radius 2 is 2.33 bits per heavy atom. The second kappa shape index (κ2) is 5.83. The molecule has 0 spiro atoms. The highest BCUT2D eigenvalue weighted by molar-refractivity contribution is 4.87. The van der Waals surface area contributed by atoms with Crippen molar-refractivity contribution in [3.05, 3.63) is 0 Å². The van der Waals surface area contributed by atoms with Crippen molar-refractivity contribution in [1.29, 1.82) is 0 Å². The number of hydrogen-bond donors (Lipinski definition) is 1. The van der Waals surface area contributed by atoms with E-state index in [0.29, 0.717) is 6.04 Å². The lowest BCUT2D eigenvalue weighted by atomic mass is 10.1. The fourth-order valence-corrected chi connectivity index (χ4v) is 2.79. The predicted octanol–water partition coefficient (Wildman–Crippen LogP) is 1.24. The van der Waals surface area contributed by atoms with Crippen molar-refractivity contribution in [2.45, 2.75) is 44.7 Å². The summed E-state index contributed by atoms with van der Waals surface area (Å²) < 4.78 is 5.48. The normalized spacial score (nSPS) is 32.6. The highest BCUT2D eigenvalue weighted by Crippen LogP contribution is 2.23. The molecular formula is C12H24N2O. The van der Waals surface area contributed by atoms with E-state index >= 15 is 0 Å². The standard InChI is InChI=1S/C12H24N2O/c1-2-6-13-9-11-4-3-7-14(11)12-5-8-15-10-12/h11-13H,2-10H2,1H3. The molecule has 2 fully saturated rings. The Kier molecular flexibility index (Phi) is 4.42. The van der Waals surface area contributed by atoms with Crippen LogP contribution < -0.4 is 5.32 Å².